The Kier molecular flexibility index (Phi) is 3.21. The maximum Gasteiger partial charge on any atom is 0.0680 e. The summed E-state index contributed by atoms with van der Waals surface area (Å²) in [6, 6.07) is 7.16. The molecule has 3 unspecified atom stereocenters. The molecule has 1 aliphatic rings. The van der Waals surface area contributed by atoms with Crippen LogP contribution < -0.4 is 5.32 Å². The highest BCUT2D eigenvalue weighted by Crippen LogP contribution is 2.31. The number of rotatable bonds is 2. The molecular formula is C16H23N3. The summed E-state index contributed by atoms with van der Waals surface area (Å²) in [6.45, 7) is 4.76. The van der Waals surface area contributed by atoms with E-state index in [9.17, 15) is 0 Å². The Morgan fingerprint density at radius 3 is 2.84 bits per heavy atom. The van der Waals surface area contributed by atoms with Gasteiger partial charge in [0.2, 0.25) is 0 Å². The molecule has 3 rings (SSSR count). The lowest BCUT2D eigenvalue weighted by molar-refractivity contribution is 0.261. The van der Waals surface area contributed by atoms with E-state index in [4.69, 9.17) is 0 Å². The third kappa shape index (κ3) is 2.46. The van der Waals surface area contributed by atoms with E-state index < -0.39 is 0 Å². The molecule has 1 N–H and O–H groups in total. The maximum absolute atomic E-state index is 4.29. The average molecular weight is 257 g/mol. The number of aromatic nitrogens is 2. The maximum atomic E-state index is 4.29. The lowest BCUT2D eigenvalue weighted by atomic mass is 9.79. The molecule has 1 aromatic heterocycles. The second-order valence-electron chi connectivity index (χ2n) is 6.15. The molecule has 1 aliphatic carbocycles. The first-order chi connectivity index (χ1) is 9.13. The van der Waals surface area contributed by atoms with Crippen molar-refractivity contribution >= 4 is 16.6 Å². The van der Waals surface area contributed by atoms with Crippen molar-refractivity contribution in [2.24, 2.45) is 18.9 Å². The van der Waals surface area contributed by atoms with Gasteiger partial charge >= 0.3 is 0 Å². The fourth-order valence-electron chi connectivity index (χ4n) is 3.17. The number of aryl methyl sites for hydroxylation is 1. The average Bonchev–Trinajstić information content (AvgIpc) is 2.75. The third-order valence-electron chi connectivity index (χ3n) is 4.72. The molecule has 0 amide bonds. The summed E-state index contributed by atoms with van der Waals surface area (Å²) in [6.07, 6.45) is 5.85. The van der Waals surface area contributed by atoms with Crippen molar-refractivity contribution in [1.82, 2.24) is 9.78 Å². The topological polar surface area (TPSA) is 29.9 Å². The molecule has 0 spiro atoms. The second-order valence-corrected chi connectivity index (χ2v) is 6.15. The van der Waals surface area contributed by atoms with Gasteiger partial charge in [0, 0.05) is 24.2 Å². The monoisotopic (exact) mass is 257 g/mol. The zero-order chi connectivity index (χ0) is 13.4. The van der Waals surface area contributed by atoms with Gasteiger partial charge < -0.3 is 5.32 Å². The summed E-state index contributed by atoms with van der Waals surface area (Å²) < 4.78 is 1.92. The number of nitrogens with zero attached hydrogens (tertiary/aromatic N) is 2. The minimum absolute atomic E-state index is 0.625. The first kappa shape index (κ1) is 12.5. The van der Waals surface area contributed by atoms with Crippen molar-refractivity contribution in [3.05, 3.63) is 24.4 Å². The van der Waals surface area contributed by atoms with Crippen LogP contribution in [0, 0.1) is 11.8 Å². The van der Waals surface area contributed by atoms with Crippen LogP contribution in [-0.2, 0) is 7.05 Å². The van der Waals surface area contributed by atoms with Crippen LogP contribution in [-0.4, -0.2) is 15.8 Å². The number of anilines is 1. The van der Waals surface area contributed by atoms with Gasteiger partial charge in [-0.3, -0.25) is 4.68 Å². The summed E-state index contributed by atoms with van der Waals surface area (Å²) in [4.78, 5) is 0. The Balaban J connectivity index is 1.74. The van der Waals surface area contributed by atoms with Crippen molar-refractivity contribution < 1.29 is 0 Å². The molecule has 0 saturated heterocycles. The van der Waals surface area contributed by atoms with Crippen LogP contribution in [0.1, 0.15) is 33.1 Å². The van der Waals surface area contributed by atoms with Crippen molar-refractivity contribution in [2.45, 2.75) is 39.2 Å². The van der Waals surface area contributed by atoms with Gasteiger partial charge in [-0.2, -0.15) is 5.10 Å². The zero-order valence-corrected chi connectivity index (χ0v) is 12.1. The fraction of sp³-hybridized carbons (Fsp3) is 0.562. The Morgan fingerprint density at radius 1 is 1.21 bits per heavy atom. The largest absolute Gasteiger partial charge is 0.382 e. The van der Waals surface area contributed by atoms with Gasteiger partial charge in [0.25, 0.3) is 0 Å². The molecule has 2 aromatic rings. The number of nitrogens with one attached hydrogen (secondary N) is 1. The van der Waals surface area contributed by atoms with Crippen LogP contribution in [0.3, 0.4) is 0 Å². The van der Waals surface area contributed by atoms with Crippen LogP contribution in [0.5, 0.6) is 0 Å². The molecule has 1 aromatic carbocycles. The van der Waals surface area contributed by atoms with Crippen LogP contribution >= 0.6 is 0 Å². The molecule has 1 saturated carbocycles. The van der Waals surface area contributed by atoms with E-state index in [1.807, 2.05) is 17.9 Å². The first-order valence-corrected chi connectivity index (χ1v) is 7.32. The molecule has 3 heteroatoms. The summed E-state index contributed by atoms with van der Waals surface area (Å²) in [7, 11) is 1.99. The number of benzene rings is 1. The van der Waals surface area contributed by atoms with Crippen LogP contribution in [0.2, 0.25) is 0 Å². The number of fused-ring (bicyclic) bond motifs is 1. The summed E-state index contributed by atoms with van der Waals surface area (Å²) >= 11 is 0. The van der Waals surface area contributed by atoms with Gasteiger partial charge in [-0.05, 0) is 49.3 Å². The van der Waals surface area contributed by atoms with Crippen LogP contribution in [0.4, 0.5) is 5.69 Å². The fourth-order valence-corrected chi connectivity index (χ4v) is 3.17. The van der Waals surface area contributed by atoms with Gasteiger partial charge in [0.05, 0.1) is 11.7 Å². The Labute approximate surface area is 115 Å². The molecular weight excluding hydrogens is 234 g/mol. The van der Waals surface area contributed by atoms with Crippen molar-refractivity contribution in [2.75, 3.05) is 5.32 Å². The summed E-state index contributed by atoms with van der Waals surface area (Å²) in [5, 5.41) is 9.20. The standard InChI is InChI=1S/C16H23N3/c1-11-4-5-14(8-12(11)2)18-15-6-7-16-13(9-15)10-17-19(16)3/h6-7,9-12,14,18H,4-5,8H2,1-3H3. The van der Waals surface area contributed by atoms with E-state index in [0.717, 1.165) is 11.8 Å². The third-order valence-corrected chi connectivity index (χ3v) is 4.72. The van der Waals surface area contributed by atoms with E-state index >= 15 is 0 Å². The van der Waals surface area contributed by atoms with E-state index in [0.29, 0.717) is 6.04 Å². The smallest absolute Gasteiger partial charge is 0.0680 e. The molecule has 1 fully saturated rings. The van der Waals surface area contributed by atoms with Crippen LogP contribution in [0.15, 0.2) is 24.4 Å². The molecule has 0 radical (unpaired) electrons. The Hall–Kier alpha value is -1.51. The predicted molar refractivity (Wildman–Crippen MR) is 80.3 cm³/mol. The molecule has 19 heavy (non-hydrogen) atoms. The van der Waals surface area contributed by atoms with E-state index in [2.05, 4.69) is 42.5 Å². The normalized spacial score (nSPS) is 27.6. The number of hydrogen-bond donors (Lipinski definition) is 1. The predicted octanol–water partition coefficient (Wildman–Crippen LogP) is 3.81. The van der Waals surface area contributed by atoms with E-state index in [1.165, 1.54) is 35.9 Å². The highest BCUT2D eigenvalue weighted by molar-refractivity contribution is 5.82. The lowest BCUT2D eigenvalue weighted by Gasteiger charge is -2.33. The highest BCUT2D eigenvalue weighted by atomic mass is 15.2. The summed E-state index contributed by atoms with van der Waals surface area (Å²) in [5.74, 6) is 1.70. The first-order valence-electron chi connectivity index (χ1n) is 7.32. The van der Waals surface area contributed by atoms with Crippen molar-refractivity contribution in [3.63, 3.8) is 0 Å². The highest BCUT2D eigenvalue weighted by Gasteiger charge is 2.24. The van der Waals surface area contributed by atoms with Gasteiger partial charge in [0.1, 0.15) is 0 Å². The minimum atomic E-state index is 0.625. The van der Waals surface area contributed by atoms with E-state index in [-0.39, 0.29) is 0 Å². The van der Waals surface area contributed by atoms with Crippen molar-refractivity contribution in [3.8, 4) is 0 Å². The number of hydrogen-bond acceptors (Lipinski definition) is 2. The van der Waals surface area contributed by atoms with Gasteiger partial charge in [-0.25, -0.2) is 0 Å². The SMILES string of the molecule is CC1CCC(Nc2ccc3c(cnn3C)c2)CC1C. The molecule has 102 valence electrons. The molecule has 0 bridgehead atoms. The molecule has 0 aliphatic heterocycles. The minimum Gasteiger partial charge on any atom is -0.382 e. The Bertz CT molecular complexity index is 572. The molecule has 1 heterocycles. The Morgan fingerprint density at radius 2 is 2.05 bits per heavy atom. The molecule has 3 atom stereocenters. The zero-order valence-electron chi connectivity index (χ0n) is 12.1. The lowest BCUT2D eigenvalue weighted by Crippen LogP contribution is -2.30. The van der Waals surface area contributed by atoms with Crippen molar-refractivity contribution in [1.29, 1.82) is 0 Å². The van der Waals surface area contributed by atoms with Gasteiger partial charge in [-0.1, -0.05) is 13.8 Å². The molecule has 3 nitrogen and oxygen atoms in total. The second kappa shape index (κ2) is 4.87. The summed E-state index contributed by atoms with van der Waals surface area (Å²) in [5.41, 5.74) is 2.42. The van der Waals surface area contributed by atoms with E-state index in [1.54, 1.807) is 0 Å². The van der Waals surface area contributed by atoms with Crippen LogP contribution in [0.25, 0.3) is 10.9 Å². The van der Waals surface area contributed by atoms with Gasteiger partial charge in [-0.15, -0.1) is 0 Å². The van der Waals surface area contributed by atoms with Gasteiger partial charge in [0.15, 0.2) is 0 Å². The quantitative estimate of drug-likeness (QED) is 0.886.